The molecule has 1 fully saturated rings. The summed E-state index contributed by atoms with van der Waals surface area (Å²) in [7, 11) is -3.13. The summed E-state index contributed by atoms with van der Waals surface area (Å²) >= 11 is 1.80. The Labute approximate surface area is 126 Å². The van der Waals surface area contributed by atoms with Gasteiger partial charge >= 0.3 is 0 Å². The first-order chi connectivity index (χ1) is 9.53. The average molecular weight is 313 g/mol. The molecule has 112 valence electrons. The lowest BCUT2D eigenvalue weighted by Gasteiger charge is -2.19. The molecule has 0 saturated carbocycles. The molecule has 20 heavy (non-hydrogen) atoms. The Kier molecular flexibility index (Phi) is 5.52. The first-order valence-corrected chi connectivity index (χ1v) is 10.0. The summed E-state index contributed by atoms with van der Waals surface area (Å²) in [5.41, 5.74) is 1.09. The first kappa shape index (κ1) is 15.9. The molecule has 0 unspecified atom stereocenters. The maximum Gasteiger partial charge on any atom is 0.214 e. The Morgan fingerprint density at radius 1 is 1.35 bits per heavy atom. The van der Waals surface area contributed by atoms with E-state index in [1.807, 2.05) is 37.3 Å². The van der Waals surface area contributed by atoms with Crippen LogP contribution in [0.4, 0.5) is 0 Å². The summed E-state index contributed by atoms with van der Waals surface area (Å²) in [5.74, 6) is 1.83. The van der Waals surface area contributed by atoms with E-state index in [2.05, 4.69) is 6.26 Å². The zero-order chi connectivity index (χ0) is 14.6. The van der Waals surface area contributed by atoms with Crippen molar-refractivity contribution >= 4 is 21.8 Å². The summed E-state index contributed by atoms with van der Waals surface area (Å²) < 4.78 is 26.7. The number of benzene rings is 1. The van der Waals surface area contributed by atoms with Crippen molar-refractivity contribution in [3.05, 3.63) is 35.9 Å². The van der Waals surface area contributed by atoms with E-state index in [-0.39, 0.29) is 11.7 Å². The van der Waals surface area contributed by atoms with E-state index in [4.69, 9.17) is 0 Å². The van der Waals surface area contributed by atoms with Gasteiger partial charge in [-0.15, -0.1) is 0 Å². The van der Waals surface area contributed by atoms with Gasteiger partial charge in [-0.05, 0) is 35.8 Å². The minimum Gasteiger partial charge on any atom is -0.212 e. The first-order valence-electron chi connectivity index (χ1n) is 7.04. The molecule has 0 radical (unpaired) electrons. The summed E-state index contributed by atoms with van der Waals surface area (Å²) in [6, 6.07) is 9.88. The highest BCUT2D eigenvalue weighted by molar-refractivity contribution is 7.98. The largest absolute Gasteiger partial charge is 0.214 e. The molecule has 1 saturated heterocycles. The van der Waals surface area contributed by atoms with Gasteiger partial charge in [-0.1, -0.05) is 37.3 Å². The molecular formula is C15H23NO2S2. The third kappa shape index (κ3) is 3.99. The third-order valence-electron chi connectivity index (χ3n) is 3.87. The molecule has 5 heteroatoms. The highest BCUT2D eigenvalue weighted by Gasteiger charge is 2.32. The van der Waals surface area contributed by atoms with Gasteiger partial charge in [0, 0.05) is 13.1 Å². The van der Waals surface area contributed by atoms with Gasteiger partial charge < -0.3 is 0 Å². The van der Waals surface area contributed by atoms with Crippen LogP contribution in [0.2, 0.25) is 0 Å². The predicted octanol–water partition coefficient (Wildman–Crippen LogP) is 2.80. The second kappa shape index (κ2) is 6.96. The van der Waals surface area contributed by atoms with Crippen molar-refractivity contribution < 1.29 is 8.42 Å². The van der Waals surface area contributed by atoms with E-state index in [0.29, 0.717) is 19.0 Å². The number of hydrogen-bond acceptors (Lipinski definition) is 3. The molecule has 0 bridgehead atoms. The third-order valence-corrected chi connectivity index (χ3v) is 6.72. The van der Waals surface area contributed by atoms with E-state index in [1.54, 1.807) is 16.1 Å². The standard InChI is InChI=1S/C15H23NO2S2/c1-13(15-6-4-3-5-7-15)12-20(17,18)16-9-8-14(10-16)11-19-2/h3-7,13-14H,8-12H2,1-2H3/t13-,14-/m1/s1. The van der Waals surface area contributed by atoms with Gasteiger partial charge in [0.1, 0.15) is 0 Å². The lowest BCUT2D eigenvalue weighted by atomic mass is 10.0. The van der Waals surface area contributed by atoms with Crippen LogP contribution in [0, 0.1) is 5.92 Å². The van der Waals surface area contributed by atoms with E-state index in [1.165, 1.54) is 0 Å². The number of nitrogens with zero attached hydrogens (tertiary/aromatic N) is 1. The minimum absolute atomic E-state index is 0.0424. The van der Waals surface area contributed by atoms with Crippen molar-refractivity contribution in [2.24, 2.45) is 5.92 Å². The molecule has 1 aromatic rings. The quantitative estimate of drug-likeness (QED) is 0.810. The molecule has 0 N–H and O–H groups in total. The number of hydrogen-bond donors (Lipinski definition) is 0. The zero-order valence-corrected chi connectivity index (χ0v) is 13.8. The highest BCUT2D eigenvalue weighted by atomic mass is 32.2. The van der Waals surface area contributed by atoms with Crippen LogP contribution in [0.15, 0.2) is 30.3 Å². The molecule has 2 rings (SSSR count). The molecule has 0 amide bonds. The van der Waals surface area contributed by atoms with Crippen LogP contribution in [0.25, 0.3) is 0 Å². The minimum atomic E-state index is -3.13. The van der Waals surface area contributed by atoms with E-state index >= 15 is 0 Å². The molecule has 0 aromatic heterocycles. The van der Waals surface area contributed by atoms with Crippen LogP contribution < -0.4 is 0 Å². The molecule has 1 aromatic carbocycles. The Morgan fingerprint density at radius 3 is 2.70 bits per heavy atom. The topological polar surface area (TPSA) is 37.4 Å². The molecular weight excluding hydrogens is 290 g/mol. The maximum absolute atomic E-state index is 12.5. The number of thioether (sulfide) groups is 1. The molecule has 2 atom stereocenters. The fraction of sp³-hybridized carbons (Fsp3) is 0.600. The van der Waals surface area contributed by atoms with Crippen LogP contribution in [-0.2, 0) is 10.0 Å². The fourth-order valence-electron chi connectivity index (χ4n) is 2.72. The Morgan fingerprint density at radius 2 is 2.05 bits per heavy atom. The van der Waals surface area contributed by atoms with Crippen molar-refractivity contribution in [3.63, 3.8) is 0 Å². The lowest BCUT2D eigenvalue weighted by molar-refractivity contribution is 0.462. The molecule has 3 nitrogen and oxygen atoms in total. The van der Waals surface area contributed by atoms with Crippen molar-refractivity contribution in [2.75, 3.05) is 30.9 Å². The second-order valence-electron chi connectivity index (χ2n) is 5.56. The van der Waals surface area contributed by atoms with Crippen LogP contribution >= 0.6 is 11.8 Å². The smallest absolute Gasteiger partial charge is 0.212 e. The summed E-state index contributed by atoms with van der Waals surface area (Å²) in [6.07, 6.45) is 3.08. The van der Waals surface area contributed by atoms with Crippen molar-refractivity contribution in [1.82, 2.24) is 4.31 Å². The second-order valence-corrected chi connectivity index (χ2v) is 8.48. The normalized spacial score (nSPS) is 22.0. The monoisotopic (exact) mass is 313 g/mol. The van der Waals surface area contributed by atoms with Gasteiger partial charge in [0.2, 0.25) is 10.0 Å². The van der Waals surface area contributed by atoms with E-state index < -0.39 is 10.0 Å². The summed E-state index contributed by atoms with van der Waals surface area (Å²) in [5, 5.41) is 0. The van der Waals surface area contributed by atoms with Gasteiger partial charge in [-0.25, -0.2) is 12.7 Å². The highest BCUT2D eigenvalue weighted by Crippen LogP contribution is 2.25. The maximum atomic E-state index is 12.5. The Hall–Kier alpha value is -0.520. The zero-order valence-electron chi connectivity index (χ0n) is 12.2. The van der Waals surface area contributed by atoms with Gasteiger partial charge in [-0.2, -0.15) is 11.8 Å². The van der Waals surface area contributed by atoms with Crippen LogP contribution in [-0.4, -0.2) is 43.6 Å². The van der Waals surface area contributed by atoms with Gasteiger partial charge in [0.25, 0.3) is 0 Å². The summed E-state index contributed by atoms with van der Waals surface area (Å²) in [4.78, 5) is 0. The van der Waals surface area contributed by atoms with Gasteiger partial charge in [-0.3, -0.25) is 0 Å². The van der Waals surface area contributed by atoms with Crippen molar-refractivity contribution in [1.29, 1.82) is 0 Å². The Balaban J connectivity index is 1.98. The van der Waals surface area contributed by atoms with E-state index in [0.717, 1.165) is 17.7 Å². The SMILES string of the molecule is CSC[C@@H]1CCN(S(=O)(=O)C[C@@H](C)c2ccccc2)C1. The number of rotatable bonds is 6. The number of sulfonamides is 1. The van der Waals surface area contributed by atoms with Crippen molar-refractivity contribution in [3.8, 4) is 0 Å². The molecule has 0 spiro atoms. The fourth-order valence-corrected chi connectivity index (χ4v) is 5.32. The van der Waals surface area contributed by atoms with Crippen LogP contribution in [0.1, 0.15) is 24.8 Å². The molecule has 1 heterocycles. The molecule has 1 aliphatic rings. The van der Waals surface area contributed by atoms with Crippen molar-refractivity contribution in [2.45, 2.75) is 19.3 Å². The van der Waals surface area contributed by atoms with Gasteiger partial charge in [0.15, 0.2) is 0 Å². The molecule has 1 aliphatic heterocycles. The van der Waals surface area contributed by atoms with Gasteiger partial charge in [0.05, 0.1) is 5.75 Å². The van der Waals surface area contributed by atoms with Crippen LogP contribution in [0.3, 0.4) is 0 Å². The lowest BCUT2D eigenvalue weighted by Crippen LogP contribution is -2.32. The Bertz CT molecular complexity index is 516. The predicted molar refractivity (Wildman–Crippen MR) is 86.7 cm³/mol. The summed E-state index contributed by atoms with van der Waals surface area (Å²) in [6.45, 7) is 3.38. The average Bonchev–Trinajstić information content (AvgIpc) is 2.89. The molecule has 0 aliphatic carbocycles. The van der Waals surface area contributed by atoms with Crippen LogP contribution in [0.5, 0.6) is 0 Å². The van der Waals surface area contributed by atoms with E-state index in [9.17, 15) is 8.42 Å².